The van der Waals surface area contributed by atoms with Crippen LogP contribution < -0.4 is 10.0 Å². The standard InChI is InChI=1S/C20H22ClFN2O6S/c21-13-3-7-15(8-4-13)31(28,29)24-11-17-20(27)19(26)16(30-17)9-18(25)23-10-12-1-5-14(22)6-2-12/h1-8,16-17,19-20,24,26-27H,9-11H2,(H,23,25)/t16-,17-,19+,20-/m1/s1. The van der Waals surface area contributed by atoms with Gasteiger partial charge in [-0.25, -0.2) is 17.5 Å². The molecule has 4 atom stereocenters. The number of nitrogens with one attached hydrogen (secondary N) is 2. The molecule has 2 aromatic carbocycles. The number of hydrogen-bond donors (Lipinski definition) is 4. The van der Waals surface area contributed by atoms with Gasteiger partial charge in [0, 0.05) is 18.1 Å². The van der Waals surface area contributed by atoms with Crippen LogP contribution >= 0.6 is 11.6 Å². The highest BCUT2D eigenvalue weighted by atomic mass is 35.5. The molecule has 0 unspecified atom stereocenters. The molecule has 168 valence electrons. The van der Waals surface area contributed by atoms with Crippen LogP contribution in [0.4, 0.5) is 4.39 Å². The first-order chi connectivity index (χ1) is 14.7. The number of carbonyl (C=O) groups excluding carboxylic acids is 1. The Bertz CT molecular complexity index is 1000. The predicted octanol–water partition coefficient (Wildman–Crippen LogP) is 0.953. The third-order valence-corrected chi connectivity index (χ3v) is 6.54. The minimum absolute atomic E-state index is 0.0124. The molecule has 0 aromatic heterocycles. The highest BCUT2D eigenvalue weighted by Crippen LogP contribution is 2.24. The number of hydrogen-bond acceptors (Lipinski definition) is 6. The van der Waals surface area contributed by atoms with Crippen molar-refractivity contribution in [2.24, 2.45) is 0 Å². The zero-order valence-corrected chi connectivity index (χ0v) is 17.8. The third kappa shape index (κ3) is 6.22. The van der Waals surface area contributed by atoms with E-state index in [1.807, 2.05) is 0 Å². The molecule has 1 heterocycles. The van der Waals surface area contributed by atoms with Crippen LogP contribution in [0.2, 0.25) is 5.02 Å². The van der Waals surface area contributed by atoms with Gasteiger partial charge in [0.2, 0.25) is 15.9 Å². The van der Waals surface area contributed by atoms with Gasteiger partial charge < -0.3 is 20.3 Å². The lowest BCUT2D eigenvalue weighted by Crippen LogP contribution is -2.40. The summed E-state index contributed by atoms with van der Waals surface area (Å²) in [5.41, 5.74) is 0.692. The smallest absolute Gasteiger partial charge is 0.240 e. The largest absolute Gasteiger partial charge is 0.388 e. The van der Waals surface area contributed by atoms with Crippen molar-refractivity contribution in [3.05, 3.63) is 64.9 Å². The monoisotopic (exact) mass is 472 g/mol. The van der Waals surface area contributed by atoms with Gasteiger partial charge in [-0.2, -0.15) is 0 Å². The van der Waals surface area contributed by atoms with Gasteiger partial charge in [-0.3, -0.25) is 4.79 Å². The number of rotatable bonds is 8. The first-order valence-electron chi connectivity index (χ1n) is 9.43. The topological polar surface area (TPSA) is 125 Å². The lowest BCUT2D eigenvalue weighted by atomic mass is 10.1. The fourth-order valence-corrected chi connectivity index (χ4v) is 4.28. The Morgan fingerprint density at radius 3 is 2.29 bits per heavy atom. The van der Waals surface area contributed by atoms with Gasteiger partial charge in [-0.05, 0) is 42.0 Å². The number of benzene rings is 2. The Morgan fingerprint density at radius 1 is 1.03 bits per heavy atom. The van der Waals surface area contributed by atoms with Crippen LogP contribution in [0.25, 0.3) is 0 Å². The molecule has 2 aromatic rings. The van der Waals surface area contributed by atoms with E-state index in [9.17, 15) is 27.8 Å². The summed E-state index contributed by atoms with van der Waals surface area (Å²) in [6.45, 7) is -0.133. The number of aliphatic hydroxyl groups excluding tert-OH is 2. The molecule has 0 bridgehead atoms. The van der Waals surface area contributed by atoms with Crippen LogP contribution in [0.1, 0.15) is 12.0 Å². The average Bonchev–Trinajstić information content (AvgIpc) is 3.00. The second kappa shape index (κ2) is 10.0. The fourth-order valence-electron chi connectivity index (χ4n) is 3.11. The van der Waals surface area contributed by atoms with Crippen LogP contribution in [0.15, 0.2) is 53.4 Å². The average molecular weight is 473 g/mol. The van der Waals surface area contributed by atoms with Gasteiger partial charge in [0.15, 0.2) is 0 Å². The zero-order valence-electron chi connectivity index (χ0n) is 16.2. The van der Waals surface area contributed by atoms with E-state index in [1.165, 1.54) is 48.5 Å². The van der Waals surface area contributed by atoms with Crippen LogP contribution in [0.5, 0.6) is 0 Å². The maximum Gasteiger partial charge on any atom is 0.240 e. The minimum Gasteiger partial charge on any atom is -0.388 e. The molecule has 31 heavy (non-hydrogen) atoms. The highest BCUT2D eigenvalue weighted by Gasteiger charge is 2.43. The Hall–Kier alpha value is -2.08. The van der Waals surface area contributed by atoms with Crippen LogP contribution in [-0.2, 0) is 26.1 Å². The minimum atomic E-state index is -3.88. The van der Waals surface area contributed by atoms with Crippen LogP contribution in [0, 0.1) is 5.82 Å². The van der Waals surface area contributed by atoms with Gasteiger partial charge in [0.1, 0.15) is 24.1 Å². The molecule has 0 aliphatic carbocycles. The van der Waals surface area contributed by atoms with Gasteiger partial charge >= 0.3 is 0 Å². The van der Waals surface area contributed by atoms with E-state index in [4.69, 9.17) is 16.3 Å². The molecular weight excluding hydrogens is 451 g/mol. The maximum absolute atomic E-state index is 12.9. The Labute approximate surface area is 184 Å². The van der Waals surface area contributed by atoms with Gasteiger partial charge in [-0.15, -0.1) is 0 Å². The lowest BCUT2D eigenvalue weighted by Gasteiger charge is -2.15. The molecule has 0 spiro atoms. The van der Waals surface area contributed by atoms with E-state index in [0.29, 0.717) is 10.6 Å². The normalized spacial score (nSPS) is 23.6. The second-order valence-electron chi connectivity index (χ2n) is 7.11. The molecular formula is C20H22ClFN2O6S. The van der Waals surface area contributed by atoms with Crippen molar-refractivity contribution >= 4 is 27.5 Å². The maximum atomic E-state index is 12.9. The van der Waals surface area contributed by atoms with Gasteiger partial charge in [0.05, 0.1) is 17.4 Å². The Balaban J connectivity index is 1.51. The molecule has 1 fully saturated rings. The molecule has 8 nitrogen and oxygen atoms in total. The number of sulfonamides is 1. The molecule has 1 aliphatic heterocycles. The molecule has 0 radical (unpaired) electrons. The van der Waals surface area contributed by atoms with E-state index >= 15 is 0 Å². The first kappa shape index (κ1) is 23.6. The quantitative estimate of drug-likeness (QED) is 0.453. The van der Waals surface area contributed by atoms with Crippen molar-refractivity contribution in [1.29, 1.82) is 0 Å². The second-order valence-corrected chi connectivity index (χ2v) is 9.31. The van der Waals surface area contributed by atoms with Crippen molar-refractivity contribution in [2.75, 3.05) is 6.54 Å². The SMILES string of the molecule is O=C(C[C@H]1O[C@H](CNS(=O)(=O)c2ccc(Cl)cc2)[C@@H](O)[C@H]1O)NCc1ccc(F)cc1. The molecule has 11 heteroatoms. The molecule has 0 saturated carbocycles. The fraction of sp³-hybridized carbons (Fsp3) is 0.350. The third-order valence-electron chi connectivity index (χ3n) is 4.85. The molecule has 1 aliphatic rings. The summed E-state index contributed by atoms with van der Waals surface area (Å²) in [7, 11) is -3.88. The van der Waals surface area contributed by atoms with Crippen molar-refractivity contribution in [3.8, 4) is 0 Å². The van der Waals surface area contributed by atoms with Crippen LogP contribution in [0.3, 0.4) is 0 Å². The molecule has 1 saturated heterocycles. The number of amides is 1. The van der Waals surface area contributed by atoms with Crippen molar-refractivity contribution in [2.45, 2.75) is 42.3 Å². The summed E-state index contributed by atoms with van der Waals surface area (Å²) in [4.78, 5) is 12.1. The van der Waals surface area contributed by atoms with E-state index in [1.54, 1.807) is 0 Å². The predicted molar refractivity (Wildman–Crippen MR) is 110 cm³/mol. The highest BCUT2D eigenvalue weighted by molar-refractivity contribution is 7.89. The summed E-state index contributed by atoms with van der Waals surface area (Å²) < 4.78 is 45.4. The zero-order chi connectivity index (χ0) is 22.6. The summed E-state index contributed by atoms with van der Waals surface area (Å²) in [5, 5.41) is 23.4. The number of halogens is 2. The van der Waals surface area contributed by atoms with Gasteiger partial charge in [0.25, 0.3) is 0 Å². The van der Waals surface area contributed by atoms with E-state index in [0.717, 1.165) is 0 Å². The van der Waals surface area contributed by atoms with E-state index < -0.39 is 40.3 Å². The number of ether oxygens (including phenoxy) is 1. The van der Waals surface area contributed by atoms with Crippen molar-refractivity contribution in [3.63, 3.8) is 0 Å². The van der Waals surface area contributed by atoms with E-state index in [2.05, 4.69) is 10.0 Å². The van der Waals surface area contributed by atoms with Crippen molar-refractivity contribution in [1.82, 2.24) is 10.0 Å². The molecule has 3 rings (SSSR count). The first-order valence-corrected chi connectivity index (χ1v) is 11.3. The lowest BCUT2D eigenvalue weighted by molar-refractivity contribution is -0.125. The summed E-state index contributed by atoms with van der Waals surface area (Å²) in [6, 6.07) is 11.1. The molecule has 1 amide bonds. The summed E-state index contributed by atoms with van der Waals surface area (Å²) in [6.07, 6.45) is -5.01. The summed E-state index contributed by atoms with van der Waals surface area (Å²) >= 11 is 5.75. The molecule has 4 N–H and O–H groups in total. The summed E-state index contributed by atoms with van der Waals surface area (Å²) in [5.74, 6) is -0.827. The number of aliphatic hydroxyl groups is 2. The Morgan fingerprint density at radius 2 is 1.65 bits per heavy atom. The van der Waals surface area contributed by atoms with Crippen molar-refractivity contribution < 1.29 is 32.6 Å². The van der Waals surface area contributed by atoms with Crippen LogP contribution in [-0.4, -0.2) is 55.5 Å². The number of carbonyl (C=O) groups is 1. The Kier molecular flexibility index (Phi) is 7.63. The van der Waals surface area contributed by atoms with E-state index in [-0.39, 0.29) is 30.2 Å². The van der Waals surface area contributed by atoms with Gasteiger partial charge in [-0.1, -0.05) is 23.7 Å².